The Morgan fingerprint density at radius 1 is 1.42 bits per heavy atom. The quantitative estimate of drug-likeness (QED) is 0.622. The van der Waals surface area contributed by atoms with Crippen LogP contribution in [0, 0.1) is 18.3 Å². The molecule has 0 saturated carbocycles. The molecule has 0 heterocycles. The number of nitrogens with zero attached hydrogens (tertiary/aromatic N) is 1. The molecule has 0 aliphatic rings. The number of aryl methyl sites for hydroxylation is 2. The van der Waals surface area contributed by atoms with Crippen molar-refractivity contribution in [1.82, 2.24) is 0 Å². The van der Waals surface area contributed by atoms with Crippen LogP contribution in [0.4, 0.5) is 0 Å². The molecule has 0 radical (unpaired) electrons. The third-order valence-electron chi connectivity index (χ3n) is 1.84. The van der Waals surface area contributed by atoms with Crippen molar-refractivity contribution in [3.8, 4) is 6.07 Å². The molecule has 0 aliphatic carbocycles. The summed E-state index contributed by atoms with van der Waals surface area (Å²) in [6.07, 6.45) is 2.66. The number of benzene rings is 1. The molecule has 0 bridgehead atoms. The molecular formula is C11H13N. The van der Waals surface area contributed by atoms with Gasteiger partial charge >= 0.3 is 0 Å². The minimum absolute atomic E-state index is 0.661. The number of unbranched alkanes of at least 4 members (excludes halogenated alkanes) is 1. The van der Waals surface area contributed by atoms with Gasteiger partial charge < -0.3 is 0 Å². The predicted molar refractivity (Wildman–Crippen MR) is 49.7 cm³/mol. The van der Waals surface area contributed by atoms with E-state index in [2.05, 4.69) is 37.3 Å². The summed E-state index contributed by atoms with van der Waals surface area (Å²) >= 11 is 0. The van der Waals surface area contributed by atoms with Gasteiger partial charge in [-0.3, -0.25) is 0 Å². The minimum atomic E-state index is 0.661. The smallest absolute Gasteiger partial charge is 0.0621 e. The molecule has 0 spiro atoms. The molecule has 0 aliphatic heterocycles. The highest BCUT2D eigenvalue weighted by Gasteiger charge is 1.92. The lowest BCUT2D eigenvalue weighted by molar-refractivity contribution is 0.849. The first-order chi connectivity index (χ1) is 5.83. The van der Waals surface area contributed by atoms with Gasteiger partial charge in [0.2, 0.25) is 0 Å². The van der Waals surface area contributed by atoms with E-state index in [4.69, 9.17) is 5.26 Å². The molecule has 1 aromatic carbocycles. The van der Waals surface area contributed by atoms with E-state index in [1.165, 1.54) is 11.1 Å². The van der Waals surface area contributed by atoms with Crippen LogP contribution in [0.25, 0.3) is 0 Å². The van der Waals surface area contributed by atoms with E-state index in [0.717, 1.165) is 12.8 Å². The Morgan fingerprint density at radius 3 is 2.92 bits per heavy atom. The lowest BCUT2D eigenvalue weighted by Crippen LogP contribution is -1.84. The second kappa shape index (κ2) is 4.56. The first-order valence-corrected chi connectivity index (χ1v) is 4.25. The monoisotopic (exact) mass is 159 g/mol. The Morgan fingerprint density at radius 2 is 2.25 bits per heavy atom. The predicted octanol–water partition coefficient (Wildman–Crippen LogP) is 2.84. The lowest BCUT2D eigenvalue weighted by Gasteiger charge is -1.99. The van der Waals surface area contributed by atoms with Gasteiger partial charge in [-0.15, -0.1) is 0 Å². The van der Waals surface area contributed by atoms with Crippen molar-refractivity contribution in [1.29, 1.82) is 5.26 Å². The molecule has 0 N–H and O–H groups in total. The standard InChI is InChI=1S/C11H13N/c1-10-5-4-7-11(9-10)6-2-3-8-12/h4-5,7,9H,2-3,6H2,1H3. The third kappa shape index (κ3) is 2.75. The Bertz CT molecular complexity index is 283. The molecule has 0 saturated heterocycles. The average Bonchev–Trinajstić information content (AvgIpc) is 2.05. The van der Waals surface area contributed by atoms with Gasteiger partial charge in [-0.05, 0) is 25.3 Å². The van der Waals surface area contributed by atoms with E-state index in [1.54, 1.807) is 0 Å². The first kappa shape index (κ1) is 8.80. The molecule has 0 fully saturated rings. The molecule has 1 aromatic rings. The SMILES string of the molecule is Cc1cccc(CCCC#N)c1. The Labute approximate surface area is 73.6 Å². The van der Waals surface area contributed by atoms with Crippen molar-refractivity contribution < 1.29 is 0 Å². The summed E-state index contributed by atoms with van der Waals surface area (Å²) in [6.45, 7) is 2.09. The van der Waals surface area contributed by atoms with Crippen LogP contribution in [-0.2, 0) is 6.42 Å². The van der Waals surface area contributed by atoms with Crippen LogP contribution in [0.1, 0.15) is 24.0 Å². The maximum Gasteiger partial charge on any atom is 0.0621 e. The molecule has 12 heavy (non-hydrogen) atoms. The van der Waals surface area contributed by atoms with Gasteiger partial charge in [0.1, 0.15) is 0 Å². The summed E-state index contributed by atoms with van der Waals surface area (Å²) in [5.41, 5.74) is 2.63. The Balaban J connectivity index is 2.48. The average molecular weight is 159 g/mol. The van der Waals surface area contributed by atoms with E-state index >= 15 is 0 Å². The highest BCUT2D eigenvalue weighted by atomic mass is 14.2. The number of nitriles is 1. The second-order valence-electron chi connectivity index (χ2n) is 3.00. The maximum absolute atomic E-state index is 8.35. The number of rotatable bonds is 3. The molecule has 1 heteroatoms. The van der Waals surface area contributed by atoms with E-state index in [-0.39, 0.29) is 0 Å². The molecule has 62 valence electrons. The van der Waals surface area contributed by atoms with Gasteiger partial charge in [-0.25, -0.2) is 0 Å². The van der Waals surface area contributed by atoms with Gasteiger partial charge in [-0.2, -0.15) is 5.26 Å². The molecule has 0 amide bonds. The van der Waals surface area contributed by atoms with E-state index < -0.39 is 0 Å². The van der Waals surface area contributed by atoms with Gasteiger partial charge in [0.25, 0.3) is 0 Å². The fourth-order valence-electron chi connectivity index (χ4n) is 1.24. The van der Waals surface area contributed by atoms with Crippen molar-refractivity contribution in [2.75, 3.05) is 0 Å². The second-order valence-corrected chi connectivity index (χ2v) is 3.00. The zero-order valence-corrected chi connectivity index (χ0v) is 7.38. The number of hydrogen-bond acceptors (Lipinski definition) is 1. The van der Waals surface area contributed by atoms with Crippen LogP contribution in [-0.4, -0.2) is 0 Å². The minimum Gasteiger partial charge on any atom is -0.198 e. The fraction of sp³-hybridized carbons (Fsp3) is 0.364. The van der Waals surface area contributed by atoms with E-state index in [0.29, 0.717) is 6.42 Å². The van der Waals surface area contributed by atoms with Crippen LogP contribution in [0.2, 0.25) is 0 Å². The summed E-state index contributed by atoms with van der Waals surface area (Å²) in [5, 5.41) is 8.35. The zero-order valence-electron chi connectivity index (χ0n) is 7.38. The van der Waals surface area contributed by atoms with Crippen molar-refractivity contribution >= 4 is 0 Å². The largest absolute Gasteiger partial charge is 0.198 e. The number of hydrogen-bond donors (Lipinski definition) is 0. The van der Waals surface area contributed by atoms with Gasteiger partial charge in [0.15, 0.2) is 0 Å². The molecule has 0 atom stereocenters. The highest BCUT2D eigenvalue weighted by molar-refractivity contribution is 5.22. The summed E-state index contributed by atoms with van der Waals surface area (Å²) in [7, 11) is 0. The highest BCUT2D eigenvalue weighted by Crippen LogP contribution is 2.07. The molecule has 1 nitrogen and oxygen atoms in total. The molecule has 1 rings (SSSR count). The van der Waals surface area contributed by atoms with Crippen molar-refractivity contribution in [3.63, 3.8) is 0 Å². The van der Waals surface area contributed by atoms with Crippen LogP contribution < -0.4 is 0 Å². The summed E-state index contributed by atoms with van der Waals surface area (Å²) in [4.78, 5) is 0. The molecular weight excluding hydrogens is 146 g/mol. The van der Waals surface area contributed by atoms with Crippen molar-refractivity contribution in [2.45, 2.75) is 26.2 Å². The molecule has 0 unspecified atom stereocenters. The van der Waals surface area contributed by atoms with Gasteiger partial charge in [0.05, 0.1) is 6.07 Å². The Hall–Kier alpha value is -1.29. The first-order valence-electron chi connectivity index (χ1n) is 4.25. The van der Waals surface area contributed by atoms with Crippen LogP contribution in [0.5, 0.6) is 0 Å². The maximum atomic E-state index is 8.35. The summed E-state index contributed by atoms with van der Waals surface area (Å²) in [5.74, 6) is 0. The lowest BCUT2D eigenvalue weighted by atomic mass is 10.1. The summed E-state index contributed by atoms with van der Waals surface area (Å²) in [6, 6.07) is 10.6. The summed E-state index contributed by atoms with van der Waals surface area (Å²) < 4.78 is 0. The van der Waals surface area contributed by atoms with Crippen LogP contribution in [0.15, 0.2) is 24.3 Å². The van der Waals surface area contributed by atoms with Crippen molar-refractivity contribution in [3.05, 3.63) is 35.4 Å². The zero-order chi connectivity index (χ0) is 8.81. The van der Waals surface area contributed by atoms with Crippen molar-refractivity contribution in [2.24, 2.45) is 0 Å². The van der Waals surface area contributed by atoms with Gasteiger partial charge in [-0.1, -0.05) is 29.8 Å². The van der Waals surface area contributed by atoms with Gasteiger partial charge in [0, 0.05) is 6.42 Å². The normalized spacial score (nSPS) is 9.33. The Kier molecular flexibility index (Phi) is 3.35. The van der Waals surface area contributed by atoms with Crippen LogP contribution >= 0.6 is 0 Å². The fourth-order valence-corrected chi connectivity index (χ4v) is 1.24. The third-order valence-corrected chi connectivity index (χ3v) is 1.84. The van der Waals surface area contributed by atoms with E-state index in [9.17, 15) is 0 Å². The topological polar surface area (TPSA) is 23.8 Å². The molecule has 0 aromatic heterocycles. The van der Waals surface area contributed by atoms with E-state index in [1.807, 2.05) is 0 Å². The van der Waals surface area contributed by atoms with Crippen LogP contribution in [0.3, 0.4) is 0 Å².